The first-order valence-electron chi connectivity index (χ1n) is 8.66. The Balaban J connectivity index is 1.80. The zero-order valence-corrected chi connectivity index (χ0v) is 15.8. The number of hydrogen-bond donors (Lipinski definition) is 3. The van der Waals surface area contributed by atoms with Gasteiger partial charge in [-0.2, -0.15) is 0 Å². The Morgan fingerprint density at radius 1 is 1.03 bits per heavy atom. The van der Waals surface area contributed by atoms with Crippen molar-refractivity contribution in [2.75, 3.05) is 17.7 Å². The summed E-state index contributed by atoms with van der Waals surface area (Å²) in [5.41, 5.74) is 6.42. The van der Waals surface area contributed by atoms with E-state index in [0.29, 0.717) is 22.9 Å². The molecule has 0 aliphatic heterocycles. The maximum Gasteiger partial charge on any atom is 0.339 e. The highest BCUT2D eigenvalue weighted by molar-refractivity contribution is 5.98. The number of nitrogens with zero attached hydrogens (tertiary/aromatic N) is 2. The molecule has 1 aromatic carbocycles. The van der Waals surface area contributed by atoms with Gasteiger partial charge in [-0.3, -0.25) is 4.79 Å². The van der Waals surface area contributed by atoms with Crippen molar-refractivity contribution in [2.24, 2.45) is 5.73 Å². The summed E-state index contributed by atoms with van der Waals surface area (Å²) in [6.07, 6.45) is 2.60. The summed E-state index contributed by atoms with van der Waals surface area (Å²) in [5, 5.41) is 5.85. The molecule has 2 aromatic heterocycles. The lowest BCUT2D eigenvalue weighted by Gasteiger charge is -2.13. The van der Waals surface area contributed by atoms with Crippen LogP contribution in [-0.4, -0.2) is 29.0 Å². The fourth-order valence-corrected chi connectivity index (χ4v) is 2.61. The molecule has 1 amide bonds. The van der Waals surface area contributed by atoms with E-state index >= 15 is 0 Å². The summed E-state index contributed by atoms with van der Waals surface area (Å²) >= 11 is 0. The lowest BCUT2D eigenvalue weighted by molar-refractivity contribution is 0.0600. The number of rotatable bonds is 7. The van der Waals surface area contributed by atoms with E-state index in [2.05, 4.69) is 25.3 Å². The normalized spacial score (nSPS) is 10.4. The van der Waals surface area contributed by atoms with Crippen LogP contribution in [0, 0.1) is 11.6 Å². The zero-order valence-electron chi connectivity index (χ0n) is 15.8. The standard InChI is InChI=1S/C20H17F2N5O3/c1-30-20(29)12-2-3-17(25-9-12)27-18-7-16(15(10-26-18)19(23)28)24-8-11-4-13(21)6-14(22)5-11/h2-7,9-10H,8H2,1H3,(H2,23,28)(H2,24,25,26,27). The first-order chi connectivity index (χ1) is 14.4. The minimum Gasteiger partial charge on any atom is -0.465 e. The molecule has 0 radical (unpaired) electrons. The molecule has 30 heavy (non-hydrogen) atoms. The highest BCUT2D eigenvalue weighted by Gasteiger charge is 2.12. The summed E-state index contributed by atoms with van der Waals surface area (Å²) in [5.74, 6) is -1.94. The van der Waals surface area contributed by atoms with Crippen molar-refractivity contribution in [3.8, 4) is 0 Å². The number of primary amides is 1. The minimum absolute atomic E-state index is 0.0461. The Morgan fingerprint density at radius 2 is 1.73 bits per heavy atom. The number of aromatic nitrogens is 2. The SMILES string of the molecule is COC(=O)c1ccc(Nc2cc(NCc3cc(F)cc(F)c3)c(C(N)=O)cn2)nc1. The molecule has 3 rings (SSSR count). The molecule has 0 unspecified atom stereocenters. The van der Waals surface area contributed by atoms with E-state index in [0.717, 1.165) is 6.07 Å². The second-order valence-corrected chi connectivity index (χ2v) is 6.16. The van der Waals surface area contributed by atoms with Crippen molar-refractivity contribution >= 4 is 29.2 Å². The number of nitrogens with two attached hydrogens (primary N) is 1. The number of methoxy groups -OCH3 is 1. The molecular formula is C20H17F2N5O3. The topological polar surface area (TPSA) is 119 Å². The highest BCUT2D eigenvalue weighted by atomic mass is 19.1. The van der Waals surface area contributed by atoms with Crippen LogP contribution >= 0.6 is 0 Å². The molecule has 0 bridgehead atoms. The molecule has 8 nitrogen and oxygen atoms in total. The Morgan fingerprint density at radius 3 is 2.33 bits per heavy atom. The van der Waals surface area contributed by atoms with E-state index in [1.165, 1.54) is 43.8 Å². The van der Waals surface area contributed by atoms with Gasteiger partial charge in [0.2, 0.25) is 0 Å². The summed E-state index contributed by atoms with van der Waals surface area (Å²) in [7, 11) is 1.27. The van der Waals surface area contributed by atoms with Crippen LogP contribution in [0.5, 0.6) is 0 Å². The van der Waals surface area contributed by atoms with Crippen molar-refractivity contribution in [1.29, 1.82) is 0 Å². The van der Waals surface area contributed by atoms with Crippen LogP contribution in [0.25, 0.3) is 0 Å². The largest absolute Gasteiger partial charge is 0.465 e. The van der Waals surface area contributed by atoms with Crippen molar-refractivity contribution in [3.63, 3.8) is 0 Å². The van der Waals surface area contributed by atoms with Crippen molar-refractivity contribution in [3.05, 3.63) is 77.1 Å². The number of benzene rings is 1. The maximum absolute atomic E-state index is 13.4. The number of esters is 1. The summed E-state index contributed by atoms with van der Waals surface area (Å²) in [6.45, 7) is 0.0461. The van der Waals surface area contributed by atoms with Crippen molar-refractivity contribution in [2.45, 2.75) is 6.54 Å². The Hall–Kier alpha value is -4.08. The highest BCUT2D eigenvalue weighted by Crippen LogP contribution is 2.22. The van der Waals surface area contributed by atoms with Crippen LogP contribution in [0.1, 0.15) is 26.3 Å². The number of carbonyl (C=O) groups is 2. The molecule has 0 saturated heterocycles. The van der Waals surface area contributed by atoms with E-state index in [9.17, 15) is 18.4 Å². The quantitative estimate of drug-likeness (QED) is 0.510. The third-order valence-electron chi connectivity index (χ3n) is 4.02. The Labute approximate surface area is 170 Å². The minimum atomic E-state index is -0.720. The van der Waals surface area contributed by atoms with E-state index < -0.39 is 23.5 Å². The fraction of sp³-hybridized carbons (Fsp3) is 0.100. The van der Waals surface area contributed by atoms with Crippen LogP contribution in [0.2, 0.25) is 0 Å². The molecule has 0 atom stereocenters. The van der Waals surface area contributed by atoms with Gasteiger partial charge in [-0.05, 0) is 29.8 Å². The van der Waals surface area contributed by atoms with Gasteiger partial charge in [0.15, 0.2) is 0 Å². The lowest BCUT2D eigenvalue weighted by Crippen LogP contribution is -2.15. The van der Waals surface area contributed by atoms with E-state index in [1.807, 2.05) is 0 Å². The molecule has 0 spiro atoms. The lowest BCUT2D eigenvalue weighted by atomic mass is 10.1. The van der Waals surface area contributed by atoms with Gasteiger partial charge in [0.05, 0.1) is 23.9 Å². The van der Waals surface area contributed by atoms with Crippen molar-refractivity contribution < 1.29 is 23.1 Å². The molecule has 0 saturated carbocycles. The van der Waals surface area contributed by atoms with Gasteiger partial charge < -0.3 is 21.1 Å². The molecule has 154 valence electrons. The Kier molecular flexibility index (Phi) is 6.16. The number of pyridine rings is 2. The smallest absolute Gasteiger partial charge is 0.339 e. The van der Waals surface area contributed by atoms with Gasteiger partial charge in [-0.15, -0.1) is 0 Å². The first-order valence-corrected chi connectivity index (χ1v) is 8.66. The van der Waals surface area contributed by atoms with Crippen LogP contribution in [-0.2, 0) is 11.3 Å². The summed E-state index contributed by atoms with van der Waals surface area (Å²) in [6, 6.07) is 7.70. The van der Waals surface area contributed by atoms with E-state index in [4.69, 9.17) is 5.73 Å². The van der Waals surface area contributed by atoms with Gasteiger partial charge in [-0.1, -0.05) is 0 Å². The average Bonchev–Trinajstić information content (AvgIpc) is 2.71. The number of nitrogens with one attached hydrogen (secondary N) is 2. The Bertz CT molecular complexity index is 1070. The summed E-state index contributed by atoms with van der Waals surface area (Å²) in [4.78, 5) is 31.4. The average molecular weight is 413 g/mol. The van der Waals surface area contributed by atoms with E-state index in [1.54, 1.807) is 6.07 Å². The van der Waals surface area contributed by atoms with Gasteiger partial charge in [0, 0.05) is 31.1 Å². The third-order valence-corrected chi connectivity index (χ3v) is 4.02. The van der Waals surface area contributed by atoms with Gasteiger partial charge >= 0.3 is 5.97 Å². The van der Waals surface area contributed by atoms with E-state index in [-0.39, 0.29) is 17.7 Å². The number of amides is 1. The summed E-state index contributed by atoms with van der Waals surface area (Å²) < 4.78 is 31.4. The predicted octanol–water partition coefficient (Wildman–Crippen LogP) is 3.00. The first kappa shape index (κ1) is 20.6. The maximum atomic E-state index is 13.4. The van der Waals surface area contributed by atoms with Gasteiger partial charge in [0.25, 0.3) is 5.91 Å². The van der Waals surface area contributed by atoms with Crippen molar-refractivity contribution in [1.82, 2.24) is 9.97 Å². The number of anilines is 3. The molecule has 10 heteroatoms. The van der Waals surface area contributed by atoms with Crippen LogP contribution < -0.4 is 16.4 Å². The predicted molar refractivity (Wildman–Crippen MR) is 105 cm³/mol. The molecule has 3 aromatic rings. The number of ether oxygens (including phenoxy) is 1. The van der Waals surface area contributed by atoms with Gasteiger partial charge in [0.1, 0.15) is 23.3 Å². The fourth-order valence-electron chi connectivity index (χ4n) is 2.61. The number of halogens is 2. The van der Waals surface area contributed by atoms with Gasteiger partial charge in [-0.25, -0.2) is 23.5 Å². The zero-order chi connectivity index (χ0) is 21.7. The van der Waals surface area contributed by atoms with Crippen LogP contribution in [0.15, 0.2) is 48.8 Å². The monoisotopic (exact) mass is 413 g/mol. The number of carbonyl (C=O) groups excluding carboxylic acids is 2. The molecule has 0 fully saturated rings. The molecule has 0 aliphatic rings. The van der Waals surface area contributed by atoms with Crippen LogP contribution in [0.3, 0.4) is 0 Å². The second-order valence-electron chi connectivity index (χ2n) is 6.16. The molecular weight excluding hydrogens is 396 g/mol. The number of hydrogen-bond acceptors (Lipinski definition) is 7. The molecule has 4 N–H and O–H groups in total. The van der Waals surface area contributed by atoms with Crippen LogP contribution in [0.4, 0.5) is 26.1 Å². The molecule has 0 aliphatic carbocycles. The second kappa shape index (κ2) is 8.95. The third kappa shape index (κ3) is 5.04. The molecule has 2 heterocycles.